The largest absolute Gasteiger partial charge is 0.436 e. The molecule has 5 heteroatoms. The number of oxazole rings is 1. The van der Waals surface area contributed by atoms with Crippen molar-refractivity contribution in [3.8, 4) is 0 Å². The summed E-state index contributed by atoms with van der Waals surface area (Å²) < 4.78 is 5.61. The van der Waals surface area contributed by atoms with Crippen molar-refractivity contribution in [2.75, 3.05) is 5.32 Å². The highest BCUT2D eigenvalue weighted by Crippen LogP contribution is 2.23. The van der Waals surface area contributed by atoms with Gasteiger partial charge in [-0.15, -0.1) is 0 Å². The second kappa shape index (κ2) is 6.26. The van der Waals surface area contributed by atoms with Crippen LogP contribution in [0.3, 0.4) is 0 Å². The summed E-state index contributed by atoms with van der Waals surface area (Å²) in [6.07, 6.45) is 2.31. The van der Waals surface area contributed by atoms with E-state index in [1.54, 1.807) is 24.4 Å². The number of carbonyl (C=O) groups is 1. The fraction of sp³-hybridized carbons (Fsp3) is 0.111. The van der Waals surface area contributed by atoms with Gasteiger partial charge >= 0.3 is 0 Å². The van der Waals surface area contributed by atoms with E-state index in [0.29, 0.717) is 28.0 Å². The summed E-state index contributed by atoms with van der Waals surface area (Å²) in [6, 6.07) is 11.2. The van der Waals surface area contributed by atoms with Crippen molar-refractivity contribution in [2.45, 2.75) is 13.8 Å². The van der Waals surface area contributed by atoms with E-state index in [9.17, 15) is 4.79 Å². The molecule has 0 amide bonds. The Morgan fingerprint density at radius 1 is 1.22 bits per heavy atom. The van der Waals surface area contributed by atoms with Crippen LogP contribution in [-0.2, 0) is 4.79 Å². The molecule has 0 aliphatic heterocycles. The number of aromatic nitrogens is 1. The highest BCUT2D eigenvalue weighted by atomic mass is 35.5. The summed E-state index contributed by atoms with van der Waals surface area (Å²) in [4.78, 5) is 15.7. The number of nitrogens with zero attached hydrogens (tertiary/aromatic N) is 1. The lowest BCUT2D eigenvalue weighted by atomic mass is 10.1. The topological polar surface area (TPSA) is 55.1 Å². The van der Waals surface area contributed by atoms with Crippen LogP contribution in [0.25, 0.3) is 16.7 Å². The maximum absolute atomic E-state index is 11.4. The molecule has 1 aromatic heterocycles. The molecule has 3 rings (SSSR count). The van der Waals surface area contributed by atoms with Crippen LogP contribution in [0.15, 0.2) is 47.0 Å². The van der Waals surface area contributed by atoms with Gasteiger partial charge in [0, 0.05) is 16.9 Å². The first-order valence-corrected chi connectivity index (χ1v) is 7.50. The maximum Gasteiger partial charge on any atom is 0.232 e. The standard InChI is InChI=1S/C18H15ClN2O2/c1-11-3-4-12(2)15(7-11)20-9-13(10-22)18-21-16-8-14(19)5-6-17(16)23-18/h3-10,20H,1-2H3/b13-9+. The fourth-order valence-corrected chi connectivity index (χ4v) is 2.38. The smallest absolute Gasteiger partial charge is 0.232 e. The van der Waals surface area contributed by atoms with E-state index in [-0.39, 0.29) is 5.89 Å². The van der Waals surface area contributed by atoms with E-state index in [1.807, 2.05) is 32.0 Å². The van der Waals surface area contributed by atoms with Gasteiger partial charge < -0.3 is 9.73 Å². The molecule has 4 nitrogen and oxygen atoms in total. The highest BCUT2D eigenvalue weighted by molar-refractivity contribution is 6.31. The summed E-state index contributed by atoms with van der Waals surface area (Å²) in [6.45, 7) is 4.01. The lowest BCUT2D eigenvalue weighted by Gasteiger charge is -2.06. The molecule has 0 aliphatic carbocycles. The Bertz CT molecular complexity index is 913. The summed E-state index contributed by atoms with van der Waals surface area (Å²) in [5.74, 6) is 0.259. The fourth-order valence-electron chi connectivity index (χ4n) is 2.22. The molecule has 0 unspecified atom stereocenters. The Morgan fingerprint density at radius 3 is 2.83 bits per heavy atom. The zero-order valence-electron chi connectivity index (χ0n) is 12.8. The van der Waals surface area contributed by atoms with Crippen molar-refractivity contribution in [3.05, 3.63) is 64.6 Å². The van der Waals surface area contributed by atoms with Crippen LogP contribution in [0.5, 0.6) is 0 Å². The van der Waals surface area contributed by atoms with Crippen LogP contribution in [-0.4, -0.2) is 11.3 Å². The van der Waals surface area contributed by atoms with Crippen LogP contribution in [0.4, 0.5) is 5.69 Å². The molecule has 1 N–H and O–H groups in total. The van der Waals surface area contributed by atoms with E-state index in [2.05, 4.69) is 10.3 Å². The lowest BCUT2D eigenvalue weighted by molar-refractivity contribution is -0.103. The Kier molecular flexibility index (Phi) is 4.17. The molecule has 0 atom stereocenters. The molecule has 116 valence electrons. The predicted molar refractivity (Wildman–Crippen MR) is 92.6 cm³/mol. The Hall–Kier alpha value is -2.59. The van der Waals surface area contributed by atoms with Crippen molar-refractivity contribution in [1.29, 1.82) is 0 Å². The van der Waals surface area contributed by atoms with Gasteiger partial charge in [0.15, 0.2) is 11.9 Å². The molecule has 0 fully saturated rings. The van der Waals surface area contributed by atoms with Gasteiger partial charge in [-0.2, -0.15) is 0 Å². The van der Waals surface area contributed by atoms with Crippen molar-refractivity contribution in [3.63, 3.8) is 0 Å². The number of halogens is 1. The van der Waals surface area contributed by atoms with Gasteiger partial charge in [-0.3, -0.25) is 4.79 Å². The Morgan fingerprint density at radius 2 is 2.04 bits per heavy atom. The SMILES string of the molecule is Cc1ccc(C)c(N/C=C(\C=O)c2nc3cc(Cl)ccc3o2)c1. The molecule has 23 heavy (non-hydrogen) atoms. The number of rotatable bonds is 4. The van der Waals surface area contributed by atoms with E-state index >= 15 is 0 Å². The van der Waals surface area contributed by atoms with Crippen molar-refractivity contribution in [2.24, 2.45) is 0 Å². The number of benzene rings is 2. The second-order valence-electron chi connectivity index (χ2n) is 5.31. The molecular weight excluding hydrogens is 312 g/mol. The van der Waals surface area contributed by atoms with Gasteiger partial charge in [-0.25, -0.2) is 4.98 Å². The first-order valence-electron chi connectivity index (χ1n) is 7.12. The van der Waals surface area contributed by atoms with Crippen LogP contribution >= 0.6 is 11.6 Å². The third-order valence-corrected chi connectivity index (χ3v) is 3.73. The van der Waals surface area contributed by atoms with Crippen LogP contribution in [0.2, 0.25) is 5.02 Å². The molecule has 0 radical (unpaired) electrons. The van der Waals surface area contributed by atoms with Crippen LogP contribution in [0.1, 0.15) is 17.0 Å². The van der Waals surface area contributed by atoms with Gasteiger partial charge in [0.05, 0.1) is 5.57 Å². The van der Waals surface area contributed by atoms with E-state index in [4.69, 9.17) is 16.0 Å². The first-order chi connectivity index (χ1) is 11.1. The minimum Gasteiger partial charge on any atom is -0.436 e. The lowest BCUT2D eigenvalue weighted by Crippen LogP contribution is -1.96. The van der Waals surface area contributed by atoms with E-state index < -0.39 is 0 Å². The van der Waals surface area contributed by atoms with Crippen LogP contribution < -0.4 is 5.32 Å². The van der Waals surface area contributed by atoms with Crippen molar-refractivity contribution in [1.82, 2.24) is 4.98 Å². The van der Waals surface area contributed by atoms with Gasteiger partial charge in [-0.05, 0) is 49.2 Å². The second-order valence-corrected chi connectivity index (χ2v) is 5.75. The normalized spacial score (nSPS) is 11.7. The summed E-state index contributed by atoms with van der Waals surface area (Å²) in [5.41, 5.74) is 4.69. The average molecular weight is 327 g/mol. The number of hydrogen-bond acceptors (Lipinski definition) is 4. The Balaban J connectivity index is 1.94. The molecular formula is C18H15ClN2O2. The molecule has 0 bridgehead atoms. The maximum atomic E-state index is 11.4. The number of anilines is 1. The summed E-state index contributed by atoms with van der Waals surface area (Å²) in [5, 5.41) is 3.71. The molecule has 2 aromatic carbocycles. The highest BCUT2D eigenvalue weighted by Gasteiger charge is 2.11. The number of nitrogens with one attached hydrogen (secondary N) is 1. The molecule has 0 saturated carbocycles. The van der Waals surface area contributed by atoms with Crippen molar-refractivity contribution >= 4 is 40.2 Å². The number of aryl methyl sites for hydroxylation is 2. The molecule has 0 aliphatic rings. The number of hydrogen-bond donors (Lipinski definition) is 1. The predicted octanol–water partition coefficient (Wildman–Crippen LogP) is 4.75. The Labute approximate surface area is 138 Å². The monoisotopic (exact) mass is 326 g/mol. The van der Waals surface area contributed by atoms with E-state index in [1.165, 1.54) is 0 Å². The summed E-state index contributed by atoms with van der Waals surface area (Å²) >= 11 is 5.94. The van der Waals surface area contributed by atoms with Gasteiger partial charge in [-0.1, -0.05) is 23.7 Å². The number of aldehydes is 1. The minimum atomic E-state index is 0.259. The number of fused-ring (bicyclic) bond motifs is 1. The van der Waals surface area contributed by atoms with Crippen LogP contribution in [0, 0.1) is 13.8 Å². The van der Waals surface area contributed by atoms with Gasteiger partial charge in [0.25, 0.3) is 0 Å². The minimum absolute atomic E-state index is 0.259. The van der Waals surface area contributed by atoms with E-state index in [0.717, 1.165) is 16.8 Å². The third kappa shape index (κ3) is 3.27. The molecule has 1 heterocycles. The first kappa shape index (κ1) is 15.3. The molecule has 3 aromatic rings. The summed E-state index contributed by atoms with van der Waals surface area (Å²) in [7, 11) is 0. The average Bonchev–Trinajstić information content (AvgIpc) is 2.94. The molecule has 0 spiro atoms. The zero-order valence-corrected chi connectivity index (χ0v) is 13.5. The zero-order chi connectivity index (χ0) is 16.4. The number of carbonyl (C=O) groups excluding carboxylic acids is 1. The third-order valence-electron chi connectivity index (χ3n) is 3.50. The quantitative estimate of drug-likeness (QED) is 0.555. The van der Waals surface area contributed by atoms with Gasteiger partial charge in [0.2, 0.25) is 5.89 Å². The van der Waals surface area contributed by atoms with Crippen molar-refractivity contribution < 1.29 is 9.21 Å². The molecule has 0 saturated heterocycles. The number of allylic oxidation sites excluding steroid dienone is 1. The van der Waals surface area contributed by atoms with Gasteiger partial charge in [0.1, 0.15) is 5.52 Å².